The summed E-state index contributed by atoms with van der Waals surface area (Å²) in [5.41, 5.74) is 2.71. The molecule has 0 aliphatic rings. The topological polar surface area (TPSA) is 80.6 Å². The summed E-state index contributed by atoms with van der Waals surface area (Å²) in [5.74, 6) is 0.561. The lowest BCUT2D eigenvalue weighted by molar-refractivity contribution is -0.117. The predicted molar refractivity (Wildman–Crippen MR) is 120 cm³/mol. The number of furan rings is 1. The molecule has 31 heavy (non-hydrogen) atoms. The van der Waals surface area contributed by atoms with E-state index in [1.54, 1.807) is 37.4 Å². The summed E-state index contributed by atoms with van der Waals surface area (Å²) < 4.78 is 10.5. The maximum absolute atomic E-state index is 12.8. The van der Waals surface area contributed by atoms with Crippen molar-refractivity contribution in [3.63, 3.8) is 0 Å². The van der Waals surface area contributed by atoms with Crippen LogP contribution in [0, 0.1) is 6.92 Å². The molecule has 0 bridgehead atoms. The van der Waals surface area contributed by atoms with Gasteiger partial charge >= 0.3 is 0 Å². The largest absolute Gasteiger partial charge is 0.497 e. The standard InChI is InChI=1S/C25H26N2O4/c1-18-7-3-10-20(15-18)24(28)27-23(17-22-12-6-14-31-22)25(29)26-13-5-9-19-8-4-11-21(16-19)30-2/h3-4,6-8,10-12,14-17H,5,9,13H2,1-2H3,(H,26,29)(H,27,28)/b23-17-. The number of hydrogen-bond donors (Lipinski definition) is 2. The van der Waals surface area contributed by atoms with Crippen LogP contribution in [0.5, 0.6) is 5.75 Å². The number of carbonyl (C=O) groups is 2. The molecule has 0 radical (unpaired) electrons. The lowest BCUT2D eigenvalue weighted by atomic mass is 10.1. The minimum atomic E-state index is -0.372. The van der Waals surface area contributed by atoms with E-state index in [0.29, 0.717) is 17.9 Å². The van der Waals surface area contributed by atoms with E-state index in [-0.39, 0.29) is 17.5 Å². The molecule has 6 heteroatoms. The Bertz CT molecular complexity index is 1050. The molecule has 0 unspecified atom stereocenters. The van der Waals surface area contributed by atoms with Crippen molar-refractivity contribution in [2.24, 2.45) is 0 Å². The first-order valence-electron chi connectivity index (χ1n) is 10.1. The molecule has 0 atom stereocenters. The van der Waals surface area contributed by atoms with E-state index in [9.17, 15) is 9.59 Å². The zero-order valence-electron chi connectivity index (χ0n) is 17.7. The van der Waals surface area contributed by atoms with Gasteiger partial charge in [-0.05, 0) is 61.7 Å². The number of rotatable bonds is 9. The second kappa shape index (κ2) is 10.8. The van der Waals surface area contributed by atoms with E-state index in [1.807, 2.05) is 37.3 Å². The van der Waals surface area contributed by atoms with E-state index >= 15 is 0 Å². The van der Waals surface area contributed by atoms with Crippen LogP contribution >= 0.6 is 0 Å². The summed E-state index contributed by atoms with van der Waals surface area (Å²) in [5, 5.41) is 5.57. The van der Waals surface area contributed by atoms with Crippen LogP contribution in [0.4, 0.5) is 0 Å². The first kappa shape index (κ1) is 21.9. The molecule has 1 heterocycles. The molecule has 0 saturated carbocycles. The van der Waals surface area contributed by atoms with E-state index in [0.717, 1.165) is 29.7 Å². The Balaban J connectivity index is 1.62. The minimum absolute atomic E-state index is 0.128. The van der Waals surface area contributed by atoms with E-state index in [1.165, 1.54) is 12.3 Å². The average molecular weight is 418 g/mol. The highest BCUT2D eigenvalue weighted by Crippen LogP contribution is 2.14. The number of methoxy groups -OCH3 is 1. The summed E-state index contributed by atoms with van der Waals surface area (Å²) in [7, 11) is 1.64. The number of carbonyl (C=O) groups excluding carboxylic acids is 2. The summed E-state index contributed by atoms with van der Waals surface area (Å²) >= 11 is 0. The lowest BCUT2D eigenvalue weighted by Gasteiger charge is -2.11. The fraction of sp³-hybridized carbons (Fsp3) is 0.200. The van der Waals surface area contributed by atoms with Gasteiger partial charge in [-0.25, -0.2) is 0 Å². The molecule has 2 aromatic carbocycles. The van der Waals surface area contributed by atoms with Gasteiger partial charge in [0.1, 0.15) is 17.2 Å². The number of hydrogen-bond acceptors (Lipinski definition) is 4. The summed E-state index contributed by atoms with van der Waals surface area (Å²) in [6.45, 7) is 2.37. The van der Waals surface area contributed by atoms with Crippen LogP contribution in [0.25, 0.3) is 6.08 Å². The van der Waals surface area contributed by atoms with Gasteiger partial charge in [0.2, 0.25) is 0 Å². The Kier molecular flexibility index (Phi) is 7.65. The number of benzene rings is 2. The van der Waals surface area contributed by atoms with Crippen molar-refractivity contribution in [1.82, 2.24) is 10.6 Å². The maximum atomic E-state index is 12.8. The fourth-order valence-electron chi connectivity index (χ4n) is 3.07. The lowest BCUT2D eigenvalue weighted by Crippen LogP contribution is -2.35. The van der Waals surface area contributed by atoms with Gasteiger partial charge in [-0.2, -0.15) is 0 Å². The number of ether oxygens (including phenoxy) is 1. The summed E-state index contributed by atoms with van der Waals surface area (Å²) in [4.78, 5) is 25.4. The molecule has 6 nitrogen and oxygen atoms in total. The normalized spacial score (nSPS) is 11.1. The molecule has 0 fully saturated rings. The van der Waals surface area contributed by atoms with Crippen molar-refractivity contribution in [3.8, 4) is 5.75 Å². The quantitative estimate of drug-likeness (QED) is 0.405. The van der Waals surface area contributed by atoms with Crippen molar-refractivity contribution in [3.05, 3.63) is 95.1 Å². The summed E-state index contributed by atoms with van der Waals surface area (Å²) in [6, 6.07) is 18.5. The Morgan fingerprint density at radius 2 is 1.90 bits per heavy atom. The maximum Gasteiger partial charge on any atom is 0.267 e. The predicted octanol–water partition coefficient (Wildman–Crippen LogP) is 4.12. The van der Waals surface area contributed by atoms with Gasteiger partial charge in [0.05, 0.1) is 13.4 Å². The van der Waals surface area contributed by atoms with Crippen molar-refractivity contribution < 1.29 is 18.7 Å². The Morgan fingerprint density at radius 1 is 1.06 bits per heavy atom. The molecule has 0 aliphatic heterocycles. The third-order valence-electron chi connectivity index (χ3n) is 4.66. The van der Waals surface area contributed by atoms with Gasteiger partial charge in [-0.1, -0.05) is 29.8 Å². The van der Waals surface area contributed by atoms with Gasteiger partial charge in [0, 0.05) is 18.2 Å². The smallest absolute Gasteiger partial charge is 0.267 e. The Labute approximate surface area is 181 Å². The molecule has 0 spiro atoms. The zero-order valence-corrected chi connectivity index (χ0v) is 17.7. The third kappa shape index (κ3) is 6.60. The molecule has 2 amide bonds. The zero-order chi connectivity index (χ0) is 22.1. The van der Waals surface area contributed by atoms with Gasteiger partial charge in [-0.3, -0.25) is 9.59 Å². The van der Waals surface area contributed by atoms with Gasteiger partial charge < -0.3 is 19.8 Å². The van der Waals surface area contributed by atoms with E-state index in [4.69, 9.17) is 9.15 Å². The second-order valence-corrected chi connectivity index (χ2v) is 7.11. The number of amides is 2. The van der Waals surface area contributed by atoms with Gasteiger partial charge in [0.15, 0.2) is 0 Å². The van der Waals surface area contributed by atoms with Crippen LogP contribution in [-0.4, -0.2) is 25.5 Å². The van der Waals surface area contributed by atoms with Crippen LogP contribution in [0.1, 0.15) is 33.7 Å². The Morgan fingerprint density at radius 3 is 2.65 bits per heavy atom. The van der Waals surface area contributed by atoms with Gasteiger partial charge in [-0.15, -0.1) is 0 Å². The fourth-order valence-corrected chi connectivity index (χ4v) is 3.07. The second-order valence-electron chi connectivity index (χ2n) is 7.11. The highest BCUT2D eigenvalue weighted by atomic mass is 16.5. The molecule has 3 rings (SSSR count). The molecule has 2 N–H and O–H groups in total. The van der Waals surface area contributed by atoms with Gasteiger partial charge in [0.25, 0.3) is 11.8 Å². The van der Waals surface area contributed by atoms with Crippen LogP contribution in [0.3, 0.4) is 0 Å². The van der Waals surface area contributed by atoms with Crippen LogP contribution < -0.4 is 15.4 Å². The van der Waals surface area contributed by atoms with Crippen LogP contribution in [-0.2, 0) is 11.2 Å². The first-order chi connectivity index (χ1) is 15.0. The molecular formula is C25H26N2O4. The third-order valence-corrected chi connectivity index (χ3v) is 4.66. The van der Waals surface area contributed by atoms with Crippen molar-refractivity contribution in [1.29, 1.82) is 0 Å². The minimum Gasteiger partial charge on any atom is -0.497 e. The number of aryl methyl sites for hydroxylation is 2. The van der Waals surface area contributed by atoms with Crippen LogP contribution in [0.15, 0.2) is 77.0 Å². The monoisotopic (exact) mass is 418 g/mol. The molecule has 1 aromatic heterocycles. The molecule has 160 valence electrons. The molecule has 0 aliphatic carbocycles. The molecule has 3 aromatic rings. The van der Waals surface area contributed by atoms with Crippen LogP contribution in [0.2, 0.25) is 0 Å². The van der Waals surface area contributed by atoms with Crippen molar-refractivity contribution >= 4 is 17.9 Å². The Hall–Kier alpha value is -3.80. The van der Waals surface area contributed by atoms with Crippen molar-refractivity contribution in [2.45, 2.75) is 19.8 Å². The highest BCUT2D eigenvalue weighted by Gasteiger charge is 2.15. The van der Waals surface area contributed by atoms with E-state index in [2.05, 4.69) is 10.6 Å². The van der Waals surface area contributed by atoms with E-state index < -0.39 is 0 Å². The highest BCUT2D eigenvalue weighted by molar-refractivity contribution is 6.05. The SMILES string of the molecule is COc1cccc(CCCNC(=O)/C(=C/c2ccco2)NC(=O)c2cccc(C)c2)c1. The molecular weight excluding hydrogens is 392 g/mol. The average Bonchev–Trinajstić information content (AvgIpc) is 3.29. The number of nitrogens with one attached hydrogen (secondary N) is 2. The summed E-state index contributed by atoms with van der Waals surface area (Å²) in [6.07, 6.45) is 4.58. The van der Waals surface area contributed by atoms with Crippen molar-refractivity contribution in [2.75, 3.05) is 13.7 Å². The molecule has 0 saturated heterocycles. The first-order valence-corrected chi connectivity index (χ1v) is 10.1.